The van der Waals surface area contributed by atoms with E-state index in [2.05, 4.69) is 29.7 Å². The Morgan fingerprint density at radius 3 is 2.86 bits per heavy atom. The van der Waals surface area contributed by atoms with Crippen LogP contribution in [0.4, 0.5) is 5.82 Å². The van der Waals surface area contributed by atoms with Gasteiger partial charge in [-0.25, -0.2) is 15.8 Å². The molecule has 0 radical (unpaired) electrons. The fraction of sp³-hybridized carbons (Fsp3) is 0.412. The summed E-state index contributed by atoms with van der Waals surface area (Å²) in [5.74, 6) is 7.76. The van der Waals surface area contributed by atoms with Crippen LogP contribution in [0, 0.1) is 0 Å². The molecule has 2 aliphatic rings. The van der Waals surface area contributed by atoms with E-state index in [4.69, 9.17) is 15.8 Å². The molecule has 1 unspecified atom stereocenters. The first-order chi connectivity index (χ1) is 10.4. The molecule has 0 aliphatic heterocycles. The minimum atomic E-state index is 0.313. The number of hydrogen-bond donors (Lipinski definition) is 2. The summed E-state index contributed by atoms with van der Waals surface area (Å²) in [5.41, 5.74) is 8.02. The van der Waals surface area contributed by atoms with Crippen LogP contribution in [0.25, 0.3) is 0 Å². The molecule has 21 heavy (non-hydrogen) atoms. The zero-order chi connectivity index (χ0) is 14.2. The van der Waals surface area contributed by atoms with E-state index in [0.29, 0.717) is 5.92 Å². The Bertz CT molecular complexity index is 680. The minimum absolute atomic E-state index is 0.313. The van der Waals surface area contributed by atoms with Crippen molar-refractivity contribution in [3.63, 3.8) is 0 Å². The molecule has 0 spiro atoms. The van der Waals surface area contributed by atoms with Gasteiger partial charge in [-0.2, -0.15) is 0 Å². The normalized spacial score (nSPS) is 20.0. The van der Waals surface area contributed by atoms with Gasteiger partial charge in [0, 0.05) is 17.2 Å². The molecule has 1 aromatic carbocycles. The number of hydrogen-bond acceptors (Lipinski definition) is 4. The van der Waals surface area contributed by atoms with E-state index >= 15 is 0 Å². The molecule has 3 N–H and O–H groups in total. The van der Waals surface area contributed by atoms with Gasteiger partial charge in [-0.3, -0.25) is 0 Å². The maximum Gasteiger partial charge on any atom is 0.147 e. The zero-order valence-corrected chi connectivity index (χ0v) is 12.1. The van der Waals surface area contributed by atoms with Gasteiger partial charge in [0.1, 0.15) is 11.6 Å². The highest BCUT2D eigenvalue weighted by Crippen LogP contribution is 2.37. The lowest BCUT2D eigenvalue weighted by Crippen LogP contribution is -2.18. The Hall–Kier alpha value is -1.94. The Labute approximate surface area is 124 Å². The number of nitrogens with zero attached hydrogens (tertiary/aromatic N) is 2. The molecule has 0 saturated heterocycles. The SMILES string of the molecule is NNc1nc(C2CCCc3ccccc32)nc2c1CCC2. The van der Waals surface area contributed by atoms with E-state index in [1.54, 1.807) is 0 Å². The molecule has 1 aromatic heterocycles. The Morgan fingerprint density at radius 2 is 1.95 bits per heavy atom. The zero-order valence-electron chi connectivity index (χ0n) is 12.1. The van der Waals surface area contributed by atoms with Crippen LogP contribution in [-0.4, -0.2) is 9.97 Å². The van der Waals surface area contributed by atoms with E-state index < -0.39 is 0 Å². The second-order valence-electron chi connectivity index (χ2n) is 6.00. The van der Waals surface area contributed by atoms with Gasteiger partial charge in [0.15, 0.2) is 0 Å². The van der Waals surface area contributed by atoms with E-state index in [1.165, 1.54) is 35.2 Å². The summed E-state index contributed by atoms with van der Waals surface area (Å²) >= 11 is 0. The lowest BCUT2D eigenvalue weighted by atomic mass is 9.82. The molecular formula is C17H20N4. The highest BCUT2D eigenvalue weighted by molar-refractivity contribution is 5.49. The van der Waals surface area contributed by atoms with Crippen LogP contribution in [0.2, 0.25) is 0 Å². The predicted molar refractivity (Wildman–Crippen MR) is 83.1 cm³/mol. The third-order valence-electron chi connectivity index (χ3n) is 4.77. The average Bonchev–Trinajstić information content (AvgIpc) is 3.02. The number of nitrogens with one attached hydrogen (secondary N) is 1. The maximum absolute atomic E-state index is 5.68. The van der Waals surface area contributed by atoms with Gasteiger partial charge in [0.2, 0.25) is 0 Å². The van der Waals surface area contributed by atoms with Crippen LogP contribution in [-0.2, 0) is 19.3 Å². The first-order valence-corrected chi connectivity index (χ1v) is 7.81. The summed E-state index contributed by atoms with van der Waals surface area (Å²) in [4.78, 5) is 9.62. The Kier molecular flexibility index (Phi) is 3.11. The first-order valence-electron chi connectivity index (χ1n) is 7.81. The summed E-state index contributed by atoms with van der Waals surface area (Å²) in [6.07, 6.45) is 6.74. The minimum Gasteiger partial charge on any atom is -0.308 e. The summed E-state index contributed by atoms with van der Waals surface area (Å²) < 4.78 is 0. The maximum atomic E-state index is 5.68. The van der Waals surface area contributed by atoms with Crippen molar-refractivity contribution < 1.29 is 0 Å². The average molecular weight is 280 g/mol. The molecule has 0 fully saturated rings. The van der Waals surface area contributed by atoms with Crippen LogP contribution >= 0.6 is 0 Å². The van der Waals surface area contributed by atoms with Crippen molar-refractivity contribution >= 4 is 5.82 Å². The first kappa shape index (κ1) is 12.8. The van der Waals surface area contributed by atoms with Crippen LogP contribution in [0.1, 0.15) is 53.4 Å². The topological polar surface area (TPSA) is 63.8 Å². The Balaban J connectivity index is 1.81. The molecule has 2 aliphatic carbocycles. The summed E-state index contributed by atoms with van der Waals surface area (Å²) in [6, 6.07) is 8.70. The lowest BCUT2D eigenvalue weighted by Gasteiger charge is -2.25. The highest BCUT2D eigenvalue weighted by Gasteiger charge is 2.27. The van der Waals surface area contributed by atoms with Gasteiger partial charge in [-0.05, 0) is 49.7 Å². The molecule has 0 amide bonds. The van der Waals surface area contributed by atoms with Crippen molar-refractivity contribution in [1.29, 1.82) is 0 Å². The second-order valence-corrected chi connectivity index (χ2v) is 6.00. The smallest absolute Gasteiger partial charge is 0.147 e. The molecule has 0 saturated carbocycles. The predicted octanol–water partition coefficient (Wildman–Crippen LogP) is 2.72. The number of fused-ring (bicyclic) bond motifs is 2. The van der Waals surface area contributed by atoms with Crippen molar-refractivity contribution in [2.24, 2.45) is 5.84 Å². The van der Waals surface area contributed by atoms with Gasteiger partial charge in [-0.15, -0.1) is 0 Å². The van der Waals surface area contributed by atoms with Crippen molar-refractivity contribution in [2.45, 2.75) is 44.4 Å². The number of aromatic nitrogens is 2. The molecule has 4 nitrogen and oxygen atoms in total. The molecule has 2 aromatic rings. The Morgan fingerprint density at radius 1 is 1.05 bits per heavy atom. The fourth-order valence-electron chi connectivity index (χ4n) is 3.75. The van der Waals surface area contributed by atoms with Gasteiger partial charge < -0.3 is 5.43 Å². The largest absolute Gasteiger partial charge is 0.308 e. The number of aryl methyl sites for hydroxylation is 2. The molecule has 0 bridgehead atoms. The number of nitrogens with two attached hydrogens (primary N) is 1. The molecule has 1 heterocycles. The monoisotopic (exact) mass is 280 g/mol. The van der Waals surface area contributed by atoms with Crippen LogP contribution in [0.3, 0.4) is 0 Å². The van der Waals surface area contributed by atoms with Crippen LogP contribution in [0.5, 0.6) is 0 Å². The third kappa shape index (κ3) is 2.10. The summed E-state index contributed by atoms with van der Waals surface area (Å²) in [5, 5.41) is 0. The molecular weight excluding hydrogens is 260 g/mol. The number of hydrazine groups is 1. The third-order valence-corrected chi connectivity index (χ3v) is 4.77. The molecule has 1 atom stereocenters. The van der Waals surface area contributed by atoms with Crippen LogP contribution < -0.4 is 11.3 Å². The second kappa shape index (κ2) is 5.11. The highest BCUT2D eigenvalue weighted by atomic mass is 15.3. The summed E-state index contributed by atoms with van der Waals surface area (Å²) in [6.45, 7) is 0. The van der Waals surface area contributed by atoms with Crippen molar-refractivity contribution in [2.75, 3.05) is 5.43 Å². The van der Waals surface area contributed by atoms with E-state index in [1.807, 2.05) is 0 Å². The quantitative estimate of drug-likeness (QED) is 0.656. The van der Waals surface area contributed by atoms with Crippen LogP contribution in [0.15, 0.2) is 24.3 Å². The number of nitrogen functional groups attached to an aromatic ring is 1. The number of benzene rings is 1. The van der Waals surface area contributed by atoms with Crippen molar-refractivity contribution in [1.82, 2.24) is 9.97 Å². The van der Waals surface area contributed by atoms with Gasteiger partial charge in [0.25, 0.3) is 0 Å². The fourth-order valence-corrected chi connectivity index (χ4v) is 3.75. The number of rotatable bonds is 2. The standard InChI is InChI=1S/C17H20N4/c18-21-17-14-9-4-10-15(14)19-16(20-17)13-8-3-6-11-5-1-2-7-12(11)13/h1-2,5,7,13H,3-4,6,8-10,18H2,(H,19,20,21). The van der Waals surface area contributed by atoms with E-state index in [9.17, 15) is 0 Å². The lowest BCUT2D eigenvalue weighted by molar-refractivity contribution is 0.588. The van der Waals surface area contributed by atoms with Gasteiger partial charge in [0.05, 0.1) is 0 Å². The van der Waals surface area contributed by atoms with Gasteiger partial charge >= 0.3 is 0 Å². The van der Waals surface area contributed by atoms with Crippen molar-refractivity contribution in [3.05, 3.63) is 52.5 Å². The summed E-state index contributed by atoms with van der Waals surface area (Å²) in [7, 11) is 0. The number of anilines is 1. The molecule has 4 rings (SSSR count). The molecule has 108 valence electrons. The molecule has 4 heteroatoms. The van der Waals surface area contributed by atoms with E-state index in [-0.39, 0.29) is 0 Å². The van der Waals surface area contributed by atoms with Crippen molar-refractivity contribution in [3.8, 4) is 0 Å². The van der Waals surface area contributed by atoms with E-state index in [0.717, 1.165) is 37.3 Å². The van der Waals surface area contributed by atoms with Gasteiger partial charge in [-0.1, -0.05) is 24.3 Å².